The smallest absolute Gasteiger partial charge is 0.224 e. The minimum Gasteiger partial charge on any atom is -0.395 e. The SMILES string of the molecule is NCc1ccccc1NC(=O)CCCN(CCO)CCO. The number of carbonyl (C=O) groups excluding carboxylic acids is 1. The summed E-state index contributed by atoms with van der Waals surface area (Å²) in [4.78, 5) is 13.8. The largest absolute Gasteiger partial charge is 0.395 e. The van der Waals surface area contributed by atoms with Crippen molar-refractivity contribution in [2.45, 2.75) is 19.4 Å². The molecule has 0 aliphatic carbocycles. The molecule has 1 amide bonds. The molecule has 6 heteroatoms. The molecular weight excluding hydrogens is 270 g/mol. The maximum Gasteiger partial charge on any atom is 0.224 e. The van der Waals surface area contributed by atoms with Crippen molar-refractivity contribution in [1.29, 1.82) is 0 Å². The fourth-order valence-corrected chi connectivity index (χ4v) is 2.11. The van der Waals surface area contributed by atoms with Gasteiger partial charge in [0.25, 0.3) is 0 Å². The Morgan fingerprint density at radius 1 is 1.14 bits per heavy atom. The number of aliphatic hydroxyl groups is 2. The first kappa shape index (κ1) is 17.6. The van der Waals surface area contributed by atoms with Gasteiger partial charge in [0.05, 0.1) is 13.2 Å². The number of nitrogens with two attached hydrogens (primary N) is 1. The highest BCUT2D eigenvalue weighted by Crippen LogP contribution is 2.14. The quantitative estimate of drug-likeness (QED) is 0.492. The highest BCUT2D eigenvalue weighted by molar-refractivity contribution is 5.91. The van der Waals surface area contributed by atoms with Crippen LogP contribution in [0.5, 0.6) is 0 Å². The zero-order valence-corrected chi connectivity index (χ0v) is 12.3. The van der Waals surface area contributed by atoms with Gasteiger partial charge in [-0.15, -0.1) is 0 Å². The lowest BCUT2D eigenvalue weighted by Crippen LogP contribution is -2.31. The first-order valence-corrected chi connectivity index (χ1v) is 7.23. The van der Waals surface area contributed by atoms with Gasteiger partial charge in [0.2, 0.25) is 5.91 Å². The van der Waals surface area contributed by atoms with Crippen LogP contribution in [0.25, 0.3) is 0 Å². The van der Waals surface area contributed by atoms with E-state index in [-0.39, 0.29) is 19.1 Å². The van der Waals surface area contributed by atoms with Crippen molar-refractivity contribution >= 4 is 11.6 Å². The minimum absolute atomic E-state index is 0.0517. The van der Waals surface area contributed by atoms with Crippen molar-refractivity contribution in [2.24, 2.45) is 5.73 Å². The number of amides is 1. The van der Waals surface area contributed by atoms with Crippen LogP contribution in [0.3, 0.4) is 0 Å². The summed E-state index contributed by atoms with van der Waals surface area (Å²) in [5.41, 5.74) is 7.29. The van der Waals surface area contributed by atoms with Gasteiger partial charge in [-0.25, -0.2) is 0 Å². The van der Waals surface area contributed by atoms with E-state index in [1.165, 1.54) is 0 Å². The number of aliphatic hydroxyl groups excluding tert-OH is 2. The van der Waals surface area contributed by atoms with Gasteiger partial charge in [0.15, 0.2) is 0 Å². The molecule has 118 valence electrons. The lowest BCUT2D eigenvalue weighted by Gasteiger charge is -2.19. The van der Waals surface area contributed by atoms with E-state index in [9.17, 15) is 4.79 Å². The Balaban J connectivity index is 2.36. The molecular formula is C15H25N3O3. The van der Waals surface area contributed by atoms with Crippen molar-refractivity contribution in [3.05, 3.63) is 29.8 Å². The second-order valence-electron chi connectivity index (χ2n) is 4.80. The Morgan fingerprint density at radius 2 is 1.81 bits per heavy atom. The lowest BCUT2D eigenvalue weighted by atomic mass is 10.1. The summed E-state index contributed by atoms with van der Waals surface area (Å²) < 4.78 is 0. The third-order valence-electron chi connectivity index (χ3n) is 3.22. The molecule has 0 radical (unpaired) electrons. The molecule has 0 atom stereocenters. The number of nitrogens with zero attached hydrogens (tertiary/aromatic N) is 1. The molecule has 0 saturated heterocycles. The van der Waals surface area contributed by atoms with E-state index in [1.807, 2.05) is 29.2 Å². The van der Waals surface area contributed by atoms with Crippen LogP contribution in [0.4, 0.5) is 5.69 Å². The second kappa shape index (κ2) is 10.3. The molecule has 0 saturated carbocycles. The van der Waals surface area contributed by atoms with Crippen LogP contribution in [-0.4, -0.2) is 53.9 Å². The van der Waals surface area contributed by atoms with Gasteiger partial charge in [0.1, 0.15) is 0 Å². The predicted octanol–water partition coefficient (Wildman–Crippen LogP) is 0.151. The summed E-state index contributed by atoms with van der Waals surface area (Å²) in [6.07, 6.45) is 1.07. The van der Waals surface area contributed by atoms with Crippen LogP contribution in [0.15, 0.2) is 24.3 Å². The van der Waals surface area contributed by atoms with Crippen LogP contribution in [-0.2, 0) is 11.3 Å². The fraction of sp³-hybridized carbons (Fsp3) is 0.533. The molecule has 0 spiro atoms. The van der Waals surface area contributed by atoms with Crippen LogP contribution in [0, 0.1) is 0 Å². The number of hydrogen-bond acceptors (Lipinski definition) is 5. The summed E-state index contributed by atoms with van der Waals surface area (Å²) in [7, 11) is 0. The molecule has 0 fully saturated rings. The van der Waals surface area contributed by atoms with E-state index < -0.39 is 0 Å². The Hall–Kier alpha value is -1.47. The summed E-state index contributed by atoms with van der Waals surface area (Å²) in [6, 6.07) is 7.47. The summed E-state index contributed by atoms with van der Waals surface area (Å²) in [5, 5.41) is 20.7. The monoisotopic (exact) mass is 295 g/mol. The predicted molar refractivity (Wildman–Crippen MR) is 82.8 cm³/mol. The number of hydrogen-bond donors (Lipinski definition) is 4. The number of rotatable bonds is 10. The lowest BCUT2D eigenvalue weighted by molar-refractivity contribution is -0.116. The molecule has 1 aromatic rings. The van der Waals surface area contributed by atoms with Crippen LogP contribution < -0.4 is 11.1 Å². The fourth-order valence-electron chi connectivity index (χ4n) is 2.11. The van der Waals surface area contributed by atoms with E-state index in [4.69, 9.17) is 15.9 Å². The Morgan fingerprint density at radius 3 is 2.43 bits per heavy atom. The van der Waals surface area contributed by atoms with Crippen LogP contribution in [0.2, 0.25) is 0 Å². The second-order valence-corrected chi connectivity index (χ2v) is 4.80. The van der Waals surface area contributed by atoms with Gasteiger partial charge in [0, 0.05) is 31.7 Å². The average molecular weight is 295 g/mol. The highest BCUT2D eigenvalue weighted by atomic mass is 16.3. The molecule has 1 aromatic carbocycles. The van der Waals surface area contributed by atoms with Gasteiger partial charge in [-0.3, -0.25) is 9.69 Å². The Bertz CT molecular complexity index is 420. The molecule has 5 N–H and O–H groups in total. The molecule has 0 aliphatic heterocycles. The summed E-state index contributed by atoms with van der Waals surface area (Å²) in [6.45, 7) is 2.19. The zero-order chi connectivity index (χ0) is 15.5. The van der Waals surface area contributed by atoms with Crippen molar-refractivity contribution in [2.75, 3.05) is 38.2 Å². The van der Waals surface area contributed by atoms with Gasteiger partial charge in [-0.2, -0.15) is 0 Å². The average Bonchev–Trinajstić information content (AvgIpc) is 2.48. The minimum atomic E-state index is -0.0520. The Kier molecular flexibility index (Phi) is 8.61. The van der Waals surface area contributed by atoms with E-state index >= 15 is 0 Å². The van der Waals surface area contributed by atoms with E-state index in [2.05, 4.69) is 5.32 Å². The number of carbonyl (C=O) groups is 1. The Labute approximate surface area is 125 Å². The zero-order valence-electron chi connectivity index (χ0n) is 12.3. The number of nitrogens with one attached hydrogen (secondary N) is 1. The molecule has 0 aromatic heterocycles. The van der Waals surface area contributed by atoms with Crippen LogP contribution in [0.1, 0.15) is 18.4 Å². The number of anilines is 1. The van der Waals surface area contributed by atoms with Crippen molar-refractivity contribution in [3.63, 3.8) is 0 Å². The van der Waals surface area contributed by atoms with E-state index in [0.29, 0.717) is 39.0 Å². The first-order valence-electron chi connectivity index (χ1n) is 7.23. The summed E-state index contributed by atoms with van der Waals surface area (Å²) >= 11 is 0. The topological polar surface area (TPSA) is 98.8 Å². The molecule has 21 heavy (non-hydrogen) atoms. The third kappa shape index (κ3) is 6.68. The van der Waals surface area contributed by atoms with Crippen LogP contribution >= 0.6 is 0 Å². The normalized spacial score (nSPS) is 10.9. The van der Waals surface area contributed by atoms with E-state index in [0.717, 1.165) is 11.3 Å². The maximum atomic E-state index is 11.9. The van der Waals surface area contributed by atoms with Crippen molar-refractivity contribution < 1.29 is 15.0 Å². The van der Waals surface area contributed by atoms with Gasteiger partial charge < -0.3 is 21.3 Å². The number of benzene rings is 1. The van der Waals surface area contributed by atoms with Crippen molar-refractivity contribution in [3.8, 4) is 0 Å². The molecule has 0 unspecified atom stereocenters. The molecule has 0 heterocycles. The van der Waals surface area contributed by atoms with Gasteiger partial charge >= 0.3 is 0 Å². The summed E-state index contributed by atoms with van der Waals surface area (Å²) in [5.74, 6) is -0.0520. The standard InChI is InChI=1S/C15H25N3O3/c16-12-13-4-1-2-5-14(13)17-15(21)6-3-7-18(8-10-19)9-11-20/h1-2,4-5,19-20H,3,6-12,16H2,(H,17,21). The number of para-hydroxylation sites is 1. The molecule has 6 nitrogen and oxygen atoms in total. The van der Waals surface area contributed by atoms with Crippen molar-refractivity contribution in [1.82, 2.24) is 4.90 Å². The van der Waals surface area contributed by atoms with Gasteiger partial charge in [-0.1, -0.05) is 18.2 Å². The first-order chi connectivity index (χ1) is 10.2. The third-order valence-corrected chi connectivity index (χ3v) is 3.22. The molecule has 1 rings (SSSR count). The van der Waals surface area contributed by atoms with E-state index in [1.54, 1.807) is 0 Å². The maximum absolute atomic E-state index is 11.9. The molecule has 0 aliphatic rings. The molecule has 0 bridgehead atoms. The van der Waals surface area contributed by atoms with Gasteiger partial charge in [-0.05, 0) is 24.6 Å². The highest BCUT2D eigenvalue weighted by Gasteiger charge is 2.08.